The van der Waals surface area contributed by atoms with Gasteiger partial charge in [-0.15, -0.1) is 0 Å². The Labute approximate surface area is 172 Å². The summed E-state index contributed by atoms with van der Waals surface area (Å²) < 4.78 is 5.43. The molecule has 3 amide bonds. The first-order valence-electron chi connectivity index (χ1n) is 9.61. The highest BCUT2D eigenvalue weighted by Crippen LogP contribution is 2.30. The maximum Gasteiger partial charge on any atom is 0.256 e. The predicted molar refractivity (Wildman–Crippen MR) is 108 cm³/mol. The summed E-state index contributed by atoms with van der Waals surface area (Å²) in [7, 11) is 0. The van der Waals surface area contributed by atoms with Crippen molar-refractivity contribution in [2.24, 2.45) is 0 Å². The molecule has 0 aliphatic carbocycles. The van der Waals surface area contributed by atoms with Crippen LogP contribution in [0.2, 0.25) is 0 Å². The van der Waals surface area contributed by atoms with E-state index in [1.807, 2.05) is 6.07 Å². The lowest BCUT2D eigenvalue weighted by atomic mass is 10.0. The van der Waals surface area contributed by atoms with Crippen LogP contribution in [0.5, 0.6) is 0 Å². The Balaban J connectivity index is 1.43. The monoisotopic (exact) mass is 402 g/mol. The molecule has 4 heterocycles. The number of amides is 3. The number of hydrogen-bond donors (Lipinski definition) is 1. The number of carbonyl (C=O) groups is 3. The molecule has 0 bridgehead atoms. The minimum absolute atomic E-state index is 0.129. The third-order valence-electron chi connectivity index (χ3n) is 5.45. The van der Waals surface area contributed by atoms with Crippen molar-refractivity contribution < 1.29 is 18.8 Å². The maximum atomic E-state index is 13.3. The summed E-state index contributed by atoms with van der Waals surface area (Å²) in [5.41, 5.74) is 2.08. The molecule has 1 N–H and O–H groups in total. The zero-order chi connectivity index (χ0) is 20.7. The molecule has 8 heteroatoms. The van der Waals surface area contributed by atoms with Gasteiger partial charge in [0.25, 0.3) is 11.8 Å². The number of aromatic nitrogens is 1. The number of benzene rings is 1. The van der Waals surface area contributed by atoms with Crippen LogP contribution in [0, 0.1) is 0 Å². The van der Waals surface area contributed by atoms with Gasteiger partial charge in [0, 0.05) is 31.0 Å². The smallest absolute Gasteiger partial charge is 0.256 e. The minimum Gasteiger partial charge on any atom is -0.464 e. The van der Waals surface area contributed by atoms with Crippen LogP contribution in [0.25, 0.3) is 11.3 Å². The van der Waals surface area contributed by atoms with Gasteiger partial charge < -0.3 is 19.5 Å². The van der Waals surface area contributed by atoms with Crippen LogP contribution in [0.4, 0.5) is 5.69 Å². The molecule has 0 saturated carbocycles. The lowest BCUT2D eigenvalue weighted by molar-refractivity contribution is -0.121. The first kappa shape index (κ1) is 18.1. The number of nitrogens with zero attached hydrogens (tertiary/aromatic N) is 3. The minimum atomic E-state index is -0.758. The lowest BCUT2D eigenvalue weighted by Gasteiger charge is -2.39. The fraction of sp³-hybridized carbons (Fsp3) is 0.182. The van der Waals surface area contributed by atoms with Crippen LogP contribution in [0.3, 0.4) is 0 Å². The van der Waals surface area contributed by atoms with E-state index in [1.165, 1.54) is 6.20 Å². The number of fused-ring (bicyclic) bond motifs is 2. The number of hydrogen-bond acceptors (Lipinski definition) is 5. The molecule has 0 spiro atoms. The first-order valence-corrected chi connectivity index (χ1v) is 9.61. The summed E-state index contributed by atoms with van der Waals surface area (Å²) in [4.78, 5) is 46.1. The fourth-order valence-corrected chi connectivity index (χ4v) is 3.90. The van der Waals surface area contributed by atoms with Gasteiger partial charge in [-0.25, -0.2) is 0 Å². The van der Waals surface area contributed by atoms with Crippen molar-refractivity contribution in [1.29, 1.82) is 0 Å². The fourth-order valence-electron chi connectivity index (χ4n) is 3.90. The number of nitrogens with one attached hydrogen (secondary N) is 1. The van der Waals surface area contributed by atoms with Gasteiger partial charge in [-0.3, -0.25) is 19.4 Å². The van der Waals surface area contributed by atoms with E-state index in [-0.39, 0.29) is 30.8 Å². The molecule has 1 atom stereocenters. The van der Waals surface area contributed by atoms with Gasteiger partial charge in [0.15, 0.2) is 0 Å². The summed E-state index contributed by atoms with van der Waals surface area (Å²) >= 11 is 0. The average molecular weight is 402 g/mol. The highest BCUT2D eigenvalue weighted by molar-refractivity contribution is 6.11. The zero-order valence-corrected chi connectivity index (χ0v) is 15.9. The van der Waals surface area contributed by atoms with Crippen LogP contribution in [-0.4, -0.2) is 58.2 Å². The Hall–Kier alpha value is -3.94. The van der Waals surface area contributed by atoms with Crippen LogP contribution in [-0.2, 0) is 4.79 Å². The average Bonchev–Trinajstić information content (AvgIpc) is 3.30. The second-order valence-electron chi connectivity index (χ2n) is 7.23. The van der Waals surface area contributed by atoms with Crippen LogP contribution in [0.1, 0.15) is 20.7 Å². The largest absolute Gasteiger partial charge is 0.464 e. The summed E-state index contributed by atoms with van der Waals surface area (Å²) in [6.45, 7) is 0.744. The van der Waals surface area contributed by atoms with E-state index < -0.39 is 6.04 Å². The quantitative estimate of drug-likeness (QED) is 0.709. The molecule has 1 fully saturated rings. The first-order chi connectivity index (χ1) is 14.6. The van der Waals surface area contributed by atoms with Crippen molar-refractivity contribution in [3.8, 4) is 11.3 Å². The van der Waals surface area contributed by atoms with Crippen molar-refractivity contribution in [2.75, 3.05) is 25.0 Å². The van der Waals surface area contributed by atoms with E-state index in [4.69, 9.17) is 4.42 Å². The van der Waals surface area contributed by atoms with Gasteiger partial charge >= 0.3 is 0 Å². The zero-order valence-electron chi connectivity index (χ0n) is 15.9. The number of anilines is 1. The van der Waals surface area contributed by atoms with Crippen LogP contribution < -0.4 is 5.32 Å². The van der Waals surface area contributed by atoms with E-state index in [1.54, 1.807) is 58.7 Å². The molecule has 0 radical (unpaired) electrons. The normalized spacial score (nSPS) is 18.3. The number of carbonyl (C=O) groups excluding carboxylic acids is 3. The molecular weight excluding hydrogens is 384 g/mol. The van der Waals surface area contributed by atoms with Crippen LogP contribution >= 0.6 is 0 Å². The molecular formula is C22H18N4O4. The molecule has 150 valence electrons. The SMILES string of the molecule is O=C1Nc2ccc(-c3ccco3)cc2C(=O)N2CCN(C(=O)c3cccnc3)CC12. The maximum absolute atomic E-state index is 13.3. The van der Waals surface area contributed by atoms with E-state index in [2.05, 4.69) is 10.3 Å². The molecule has 5 rings (SSSR count). The van der Waals surface area contributed by atoms with E-state index >= 15 is 0 Å². The number of pyridine rings is 1. The van der Waals surface area contributed by atoms with Crippen molar-refractivity contribution >= 4 is 23.4 Å². The Morgan fingerprint density at radius 2 is 2.03 bits per heavy atom. The standard InChI is InChI=1S/C22H18N4O4/c27-20-18-13-25(21(28)15-3-1-7-23-12-15)8-9-26(18)22(29)16-11-14(5-6-17(16)24-20)19-4-2-10-30-19/h1-7,10-12,18H,8-9,13H2,(H,24,27). The molecule has 8 nitrogen and oxygen atoms in total. The summed E-state index contributed by atoms with van der Waals surface area (Å²) in [5, 5.41) is 2.84. The van der Waals surface area contributed by atoms with Crippen LogP contribution in [0.15, 0.2) is 65.5 Å². The van der Waals surface area contributed by atoms with Crippen molar-refractivity contribution in [1.82, 2.24) is 14.8 Å². The second kappa shape index (κ2) is 7.14. The molecule has 3 aromatic rings. The lowest BCUT2D eigenvalue weighted by Crippen LogP contribution is -2.59. The van der Waals surface area contributed by atoms with Gasteiger partial charge in [-0.1, -0.05) is 0 Å². The Morgan fingerprint density at radius 3 is 2.80 bits per heavy atom. The van der Waals surface area contributed by atoms with Gasteiger partial charge in [0.05, 0.1) is 29.6 Å². The molecule has 1 aromatic carbocycles. The number of furan rings is 1. The summed E-state index contributed by atoms with van der Waals surface area (Å²) in [6.07, 6.45) is 4.67. The Kier molecular flexibility index (Phi) is 4.31. The molecule has 30 heavy (non-hydrogen) atoms. The van der Waals surface area contributed by atoms with E-state index in [9.17, 15) is 14.4 Å². The van der Waals surface area contributed by atoms with E-state index in [0.717, 1.165) is 5.56 Å². The third kappa shape index (κ3) is 3.02. The highest BCUT2D eigenvalue weighted by Gasteiger charge is 2.40. The highest BCUT2D eigenvalue weighted by atomic mass is 16.3. The van der Waals surface area contributed by atoms with Gasteiger partial charge in [0.2, 0.25) is 5.91 Å². The van der Waals surface area contributed by atoms with Gasteiger partial charge in [0.1, 0.15) is 11.8 Å². The van der Waals surface area contributed by atoms with E-state index in [0.29, 0.717) is 29.1 Å². The second-order valence-corrected chi connectivity index (χ2v) is 7.23. The molecule has 2 aliphatic rings. The summed E-state index contributed by atoms with van der Waals surface area (Å²) in [5.74, 6) is -0.110. The molecule has 2 aliphatic heterocycles. The van der Waals surface area contributed by atoms with Crippen molar-refractivity contribution in [2.45, 2.75) is 6.04 Å². The van der Waals surface area contributed by atoms with Gasteiger partial charge in [-0.2, -0.15) is 0 Å². The molecule has 2 aromatic heterocycles. The third-order valence-corrected chi connectivity index (χ3v) is 5.45. The topological polar surface area (TPSA) is 95.8 Å². The predicted octanol–water partition coefficient (Wildman–Crippen LogP) is 2.26. The van der Waals surface area contributed by atoms with Crippen molar-refractivity contribution in [3.63, 3.8) is 0 Å². The Bertz CT molecular complexity index is 1130. The number of piperazine rings is 1. The number of rotatable bonds is 2. The Morgan fingerprint density at radius 1 is 1.13 bits per heavy atom. The molecule has 1 unspecified atom stereocenters. The van der Waals surface area contributed by atoms with Crippen molar-refractivity contribution in [3.05, 3.63) is 72.2 Å². The molecule has 1 saturated heterocycles. The van der Waals surface area contributed by atoms with Gasteiger partial charge in [-0.05, 0) is 42.5 Å². The summed E-state index contributed by atoms with van der Waals surface area (Å²) in [6, 6.07) is 11.4.